The first-order chi connectivity index (χ1) is 25.4. The van der Waals surface area contributed by atoms with Crippen LogP contribution in [0.1, 0.15) is 58.1 Å². The van der Waals surface area contributed by atoms with Gasteiger partial charge in [-0.2, -0.15) is 0 Å². The molecule has 3 heterocycles. The Hall–Kier alpha value is -5.35. The Labute approximate surface area is 306 Å². The lowest BCUT2D eigenvalue weighted by molar-refractivity contribution is -0.307. The Morgan fingerprint density at radius 1 is 0.887 bits per heavy atom. The SMILES string of the molecule is COc1cc(OCCCOC(=O)CO[C@@H]2O[C@H](COC(C)=O)[C@@H](OC(C)=O)[C@H](OC(C)=O)[C@H]2OC(C)=O)ccc1/C=C1\CCCN=C1c1cccnc1. The Bertz CT molecular complexity index is 1660. The summed E-state index contributed by atoms with van der Waals surface area (Å²) in [6, 6.07) is 9.39. The van der Waals surface area contributed by atoms with Gasteiger partial charge in [0, 0.05) is 70.2 Å². The van der Waals surface area contributed by atoms with Gasteiger partial charge in [0.2, 0.25) is 0 Å². The molecule has 1 saturated heterocycles. The summed E-state index contributed by atoms with van der Waals surface area (Å²) in [5, 5.41) is 0. The molecule has 2 aliphatic heterocycles. The van der Waals surface area contributed by atoms with Crippen LogP contribution >= 0.6 is 0 Å². The molecule has 1 aromatic carbocycles. The highest BCUT2D eigenvalue weighted by Crippen LogP contribution is 2.31. The molecular formula is C37H44N2O14. The van der Waals surface area contributed by atoms with Crippen LogP contribution in [0.2, 0.25) is 0 Å². The van der Waals surface area contributed by atoms with Gasteiger partial charge in [-0.15, -0.1) is 0 Å². The highest BCUT2D eigenvalue weighted by molar-refractivity contribution is 6.15. The zero-order chi connectivity index (χ0) is 38.3. The number of aromatic nitrogens is 1. The van der Waals surface area contributed by atoms with Crippen LogP contribution in [-0.4, -0.2) is 111 Å². The van der Waals surface area contributed by atoms with Crippen LogP contribution < -0.4 is 9.47 Å². The van der Waals surface area contributed by atoms with Crippen molar-refractivity contribution in [3.63, 3.8) is 0 Å². The number of allylic oxidation sites excluding steroid dienone is 1. The molecule has 16 nitrogen and oxygen atoms in total. The fourth-order valence-electron chi connectivity index (χ4n) is 5.64. The lowest BCUT2D eigenvalue weighted by Crippen LogP contribution is -2.63. The normalized spacial score (nSPS) is 21.8. The van der Waals surface area contributed by atoms with E-state index in [1.807, 2.05) is 24.3 Å². The maximum Gasteiger partial charge on any atom is 0.332 e. The number of carbonyl (C=O) groups is 5. The number of rotatable bonds is 16. The van der Waals surface area contributed by atoms with Crippen LogP contribution in [0.4, 0.5) is 0 Å². The molecule has 0 radical (unpaired) electrons. The average molecular weight is 741 g/mol. The van der Waals surface area contributed by atoms with Gasteiger partial charge < -0.3 is 42.6 Å². The van der Waals surface area contributed by atoms with Crippen LogP contribution in [-0.2, 0) is 57.1 Å². The van der Waals surface area contributed by atoms with Crippen molar-refractivity contribution < 1.29 is 66.6 Å². The minimum atomic E-state index is -1.51. The number of carbonyl (C=O) groups excluding carboxylic acids is 5. The summed E-state index contributed by atoms with van der Waals surface area (Å²) in [6.45, 7) is 4.33. The molecule has 286 valence electrons. The quantitative estimate of drug-likeness (QED) is 0.138. The van der Waals surface area contributed by atoms with Gasteiger partial charge in [0.25, 0.3) is 0 Å². The van der Waals surface area contributed by atoms with Crippen molar-refractivity contribution in [1.82, 2.24) is 4.98 Å². The Morgan fingerprint density at radius 2 is 1.62 bits per heavy atom. The monoisotopic (exact) mass is 740 g/mol. The number of methoxy groups -OCH3 is 1. The van der Waals surface area contributed by atoms with Gasteiger partial charge in [-0.3, -0.25) is 29.2 Å². The van der Waals surface area contributed by atoms with Crippen LogP contribution in [0.3, 0.4) is 0 Å². The smallest absolute Gasteiger partial charge is 0.332 e. The molecule has 0 bridgehead atoms. The topological polar surface area (TPSA) is 194 Å². The first-order valence-corrected chi connectivity index (χ1v) is 17.0. The summed E-state index contributed by atoms with van der Waals surface area (Å²) in [5.41, 5.74) is 3.85. The number of nitrogens with zero attached hydrogens (tertiary/aromatic N) is 2. The largest absolute Gasteiger partial charge is 0.496 e. The van der Waals surface area contributed by atoms with Crippen LogP contribution in [0.15, 0.2) is 53.3 Å². The van der Waals surface area contributed by atoms with E-state index in [1.54, 1.807) is 25.6 Å². The zero-order valence-electron chi connectivity index (χ0n) is 30.3. The summed E-state index contributed by atoms with van der Waals surface area (Å²) in [5.74, 6) is -2.63. The minimum Gasteiger partial charge on any atom is -0.496 e. The van der Waals surface area contributed by atoms with Gasteiger partial charge in [0.05, 0.1) is 26.0 Å². The lowest BCUT2D eigenvalue weighted by atomic mass is 9.94. The lowest BCUT2D eigenvalue weighted by Gasteiger charge is -2.43. The summed E-state index contributed by atoms with van der Waals surface area (Å²) in [4.78, 5) is 68.9. The highest BCUT2D eigenvalue weighted by atomic mass is 16.7. The van der Waals surface area contributed by atoms with Crippen molar-refractivity contribution in [3.8, 4) is 11.5 Å². The summed E-state index contributed by atoms with van der Waals surface area (Å²) in [6.07, 6.45) is 0.798. The van der Waals surface area contributed by atoms with E-state index in [1.165, 1.54) is 0 Å². The van der Waals surface area contributed by atoms with Crippen molar-refractivity contribution in [2.24, 2.45) is 4.99 Å². The van der Waals surface area contributed by atoms with Gasteiger partial charge in [0.1, 0.15) is 30.8 Å². The molecule has 16 heteroatoms. The van der Waals surface area contributed by atoms with Crippen molar-refractivity contribution in [2.75, 3.05) is 40.1 Å². The Kier molecular flexibility index (Phi) is 15.3. The van der Waals surface area contributed by atoms with Crippen LogP contribution in [0.25, 0.3) is 6.08 Å². The predicted octanol–water partition coefficient (Wildman–Crippen LogP) is 3.17. The molecule has 5 atom stereocenters. The maximum atomic E-state index is 12.6. The summed E-state index contributed by atoms with van der Waals surface area (Å²) in [7, 11) is 1.58. The van der Waals surface area contributed by atoms with Crippen molar-refractivity contribution in [3.05, 3.63) is 59.4 Å². The predicted molar refractivity (Wildman–Crippen MR) is 185 cm³/mol. The van der Waals surface area contributed by atoms with E-state index in [9.17, 15) is 24.0 Å². The molecule has 0 amide bonds. The number of aliphatic imine (C=N–C) groups is 1. The molecule has 2 aliphatic rings. The van der Waals surface area contributed by atoms with Gasteiger partial charge in [0.15, 0.2) is 24.6 Å². The number of ether oxygens (including phenoxy) is 9. The maximum absolute atomic E-state index is 12.6. The van der Waals surface area contributed by atoms with Crippen LogP contribution in [0.5, 0.6) is 11.5 Å². The third-order valence-corrected chi connectivity index (χ3v) is 7.78. The number of pyridine rings is 1. The fraction of sp³-hybridized carbons (Fsp3) is 0.486. The second-order valence-electron chi connectivity index (χ2n) is 12.0. The van der Waals surface area contributed by atoms with Crippen molar-refractivity contribution >= 4 is 41.6 Å². The highest BCUT2D eigenvalue weighted by Gasteiger charge is 2.53. The third kappa shape index (κ3) is 12.4. The van der Waals surface area contributed by atoms with E-state index in [-0.39, 0.29) is 13.2 Å². The van der Waals surface area contributed by atoms with E-state index in [0.29, 0.717) is 17.9 Å². The molecule has 0 N–H and O–H groups in total. The molecular weight excluding hydrogens is 696 g/mol. The molecule has 53 heavy (non-hydrogen) atoms. The molecule has 1 aromatic heterocycles. The number of esters is 5. The summed E-state index contributed by atoms with van der Waals surface area (Å²) < 4.78 is 49.2. The molecule has 4 rings (SSSR count). The van der Waals surface area contributed by atoms with E-state index < -0.39 is 73.8 Å². The van der Waals surface area contributed by atoms with Gasteiger partial charge in [-0.25, -0.2) is 4.79 Å². The molecule has 0 aliphatic carbocycles. The van der Waals surface area contributed by atoms with Gasteiger partial charge >= 0.3 is 29.8 Å². The molecule has 2 aromatic rings. The second-order valence-corrected chi connectivity index (χ2v) is 12.0. The Balaban J connectivity index is 1.31. The molecule has 0 spiro atoms. The number of hydrogen-bond donors (Lipinski definition) is 0. The first-order valence-electron chi connectivity index (χ1n) is 17.0. The zero-order valence-corrected chi connectivity index (χ0v) is 30.3. The molecule has 1 fully saturated rings. The number of hydrogen-bond acceptors (Lipinski definition) is 16. The van der Waals surface area contributed by atoms with Crippen LogP contribution in [0, 0.1) is 0 Å². The van der Waals surface area contributed by atoms with Gasteiger partial charge in [-0.05, 0) is 48.8 Å². The van der Waals surface area contributed by atoms with Gasteiger partial charge in [-0.1, -0.05) is 0 Å². The third-order valence-electron chi connectivity index (χ3n) is 7.78. The number of benzene rings is 1. The Morgan fingerprint density at radius 3 is 2.30 bits per heavy atom. The van der Waals surface area contributed by atoms with E-state index in [2.05, 4.69) is 11.1 Å². The average Bonchev–Trinajstić information content (AvgIpc) is 3.12. The van der Waals surface area contributed by atoms with E-state index in [0.717, 1.165) is 69.5 Å². The second kappa shape index (κ2) is 20.0. The molecule has 0 unspecified atom stereocenters. The first kappa shape index (κ1) is 40.4. The van der Waals surface area contributed by atoms with Crippen molar-refractivity contribution in [2.45, 2.75) is 77.7 Å². The summed E-state index contributed by atoms with van der Waals surface area (Å²) >= 11 is 0. The molecule has 0 saturated carbocycles. The minimum absolute atomic E-state index is 0.0153. The van der Waals surface area contributed by atoms with E-state index >= 15 is 0 Å². The van der Waals surface area contributed by atoms with E-state index in [4.69, 9.17) is 47.6 Å². The standard InChI is InChI=1S/C37H44N2O14/c1-22(40)48-20-31-34(50-23(2)41)35(51-24(3)42)36(52-25(4)43)37(53-31)49-21-32(44)47-16-8-15-46-29-12-11-26(30(18-29)45-5)17-27-9-7-14-39-33(27)28-10-6-13-38-19-28/h6,10-13,17-19,31,34-37H,7-9,14-16,20-21H2,1-5H3/b27-17+/t31-,34-,35+,36-,37-/m1/s1. The fourth-order valence-corrected chi connectivity index (χ4v) is 5.64. The van der Waals surface area contributed by atoms with Crippen molar-refractivity contribution in [1.29, 1.82) is 0 Å².